The molecule has 1 fully saturated rings. The molecule has 2 atom stereocenters. The average molecular weight is 263 g/mol. The van der Waals surface area contributed by atoms with Crippen molar-refractivity contribution in [2.45, 2.75) is 25.5 Å². The Kier molecular flexibility index (Phi) is 5.85. The molecule has 1 rings (SSSR count). The smallest absolute Gasteiger partial charge is 0.215 e. The molecule has 1 heterocycles. The van der Waals surface area contributed by atoms with Gasteiger partial charge in [-0.3, -0.25) is 0 Å². The molecule has 0 amide bonds. The van der Waals surface area contributed by atoms with Crippen LogP contribution in [0.15, 0.2) is 0 Å². The highest BCUT2D eigenvalue weighted by Crippen LogP contribution is 2.13. The number of nitrogens with zero attached hydrogens (tertiary/aromatic N) is 1. The molecule has 1 aliphatic heterocycles. The van der Waals surface area contributed by atoms with Crippen LogP contribution in [0.3, 0.4) is 0 Å². The summed E-state index contributed by atoms with van der Waals surface area (Å²) in [5.74, 6) is 0.459. The van der Waals surface area contributed by atoms with Gasteiger partial charge in [-0.25, -0.2) is 13.1 Å². The molecule has 5 nitrogen and oxygen atoms in total. The Morgan fingerprint density at radius 3 is 2.71 bits per heavy atom. The Morgan fingerprint density at radius 1 is 1.47 bits per heavy atom. The Balaban J connectivity index is 2.33. The maximum atomic E-state index is 11.9. The summed E-state index contributed by atoms with van der Waals surface area (Å²) in [5.41, 5.74) is 0. The van der Waals surface area contributed by atoms with E-state index in [2.05, 4.69) is 22.0 Å². The summed E-state index contributed by atoms with van der Waals surface area (Å²) in [4.78, 5) is 2.24. The van der Waals surface area contributed by atoms with Crippen molar-refractivity contribution in [3.8, 4) is 0 Å². The van der Waals surface area contributed by atoms with E-state index in [1.54, 1.807) is 6.92 Å². The van der Waals surface area contributed by atoms with Gasteiger partial charge in [0, 0.05) is 19.6 Å². The predicted octanol–water partition coefficient (Wildman–Crippen LogP) is -0.144. The van der Waals surface area contributed by atoms with E-state index < -0.39 is 10.0 Å². The molecule has 0 aromatic rings. The third kappa shape index (κ3) is 4.91. The molecule has 2 unspecified atom stereocenters. The second kappa shape index (κ2) is 6.68. The fourth-order valence-corrected chi connectivity index (χ4v) is 3.12. The molecule has 0 bridgehead atoms. The largest absolute Gasteiger partial charge is 0.316 e. The number of nitrogens with one attached hydrogen (secondary N) is 2. The first-order chi connectivity index (χ1) is 7.95. The van der Waals surface area contributed by atoms with Crippen LogP contribution in [0.4, 0.5) is 0 Å². The summed E-state index contributed by atoms with van der Waals surface area (Å²) in [6, 6.07) is 0. The minimum Gasteiger partial charge on any atom is -0.316 e. The molecule has 17 heavy (non-hydrogen) atoms. The van der Waals surface area contributed by atoms with E-state index in [1.807, 2.05) is 6.92 Å². The molecule has 0 saturated carbocycles. The van der Waals surface area contributed by atoms with Crippen LogP contribution in [-0.4, -0.2) is 58.3 Å². The number of likely N-dealkylation sites (tertiary alicyclic amines) is 1. The van der Waals surface area contributed by atoms with Crippen molar-refractivity contribution in [3.05, 3.63) is 0 Å². The summed E-state index contributed by atoms with van der Waals surface area (Å²) >= 11 is 0. The van der Waals surface area contributed by atoms with Crippen molar-refractivity contribution >= 4 is 10.0 Å². The number of hydrogen-bond acceptors (Lipinski definition) is 4. The van der Waals surface area contributed by atoms with Gasteiger partial charge in [-0.15, -0.1) is 0 Å². The van der Waals surface area contributed by atoms with E-state index >= 15 is 0 Å². The van der Waals surface area contributed by atoms with Crippen molar-refractivity contribution < 1.29 is 8.42 Å². The topological polar surface area (TPSA) is 61.4 Å². The monoisotopic (exact) mass is 263 g/mol. The van der Waals surface area contributed by atoms with Crippen LogP contribution < -0.4 is 10.0 Å². The highest BCUT2D eigenvalue weighted by Gasteiger charge is 2.24. The molecule has 1 saturated heterocycles. The minimum atomic E-state index is -3.17. The molecule has 0 aromatic carbocycles. The molecule has 2 N–H and O–H groups in total. The fourth-order valence-electron chi connectivity index (χ4n) is 2.03. The van der Waals surface area contributed by atoms with E-state index in [-0.39, 0.29) is 5.25 Å². The highest BCUT2D eigenvalue weighted by atomic mass is 32.2. The average Bonchev–Trinajstić information content (AvgIpc) is 2.69. The summed E-state index contributed by atoms with van der Waals surface area (Å²) in [6.45, 7) is 7.66. The quantitative estimate of drug-likeness (QED) is 0.671. The van der Waals surface area contributed by atoms with Gasteiger partial charge in [0.25, 0.3) is 0 Å². The first-order valence-electron chi connectivity index (χ1n) is 6.33. The normalized spacial score (nSPS) is 24.1. The van der Waals surface area contributed by atoms with E-state index in [0.29, 0.717) is 19.0 Å². The third-order valence-corrected chi connectivity index (χ3v) is 5.07. The first-order valence-corrected chi connectivity index (χ1v) is 7.88. The van der Waals surface area contributed by atoms with E-state index in [0.717, 1.165) is 26.1 Å². The van der Waals surface area contributed by atoms with Gasteiger partial charge in [0.05, 0.1) is 5.25 Å². The maximum Gasteiger partial charge on any atom is 0.215 e. The van der Waals surface area contributed by atoms with Gasteiger partial charge in [-0.1, -0.05) is 6.92 Å². The lowest BCUT2D eigenvalue weighted by molar-refractivity contribution is 0.394. The first kappa shape index (κ1) is 14.9. The van der Waals surface area contributed by atoms with Crippen LogP contribution in [0.2, 0.25) is 0 Å². The van der Waals surface area contributed by atoms with Gasteiger partial charge < -0.3 is 10.2 Å². The Morgan fingerprint density at radius 2 is 2.18 bits per heavy atom. The molecule has 102 valence electrons. The summed E-state index contributed by atoms with van der Waals surface area (Å²) in [5, 5.41) is 2.69. The number of rotatable bonds is 7. The predicted molar refractivity (Wildman–Crippen MR) is 70.5 cm³/mol. The van der Waals surface area contributed by atoms with Crippen LogP contribution in [0, 0.1) is 5.92 Å². The Bertz CT molecular complexity index is 319. The van der Waals surface area contributed by atoms with Crippen molar-refractivity contribution in [2.24, 2.45) is 5.92 Å². The Hall–Kier alpha value is -0.170. The van der Waals surface area contributed by atoms with Crippen LogP contribution in [-0.2, 0) is 10.0 Å². The Labute approximate surface area is 105 Å². The number of hydrogen-bond donors (Lipinski definition) is 2. The number of sulfonamides is 1. The lowest BCUT2D eigenvalue weighted by Gasteiger charge is -2.16. The molecule has 0 aromatic heterocycles. The lowest BCUT2D eigenvalue weighted by atomic mass is 10.1. The standard InChI is InChI=1S/C11H25N3O2S/c1-4-12-7-10(2)17(15,16)13-8-11-5-6-14(3)9-11/h10-13H,4-9H2,1-3H3. The van der Waals surface area contributed by atoms with Gasteiger partial charge in [0.1, 0.15) is 0 Å². The summed E-state index contributed by atoms with van der Waals surface area (Å²) in [6.07, 6.45) is 1.08. The molecular weight excluding hydrogens is 238 g/mol. The van der Waals surface area contributed by atoms with Gasteiger partial charge >= 0.3 is 0 Å². The summed E-state index contributed by atoms with van der Waals surface area (Å²) < 4.78 is 26.6. The maximum absolute atomic E-state index is 11.9. The minimum absolute atomic E-state index is 0.374. The molecule has 0 aliphatic carbocycles. The van der Waals surface area contributed by atoms with Gasteiger partial charge in [-0.05, 0) is 39.4 Å². The van der Waals surface area contributed by atoms with Crippen LogP contribution in [0.25, 0.3) is 0 Å². The van der Waals surface area contributed by atoms with Crippen molar-refractivity contribution in [1.29, 1.82) is 0 Å². The second-order valence-corrected chi connectivity index (χ2v) is 7.11. The van der Waals surface area contributed by atoms with Crippen molar-refractivity contribution in [1.82, 2.24) is 14.9 Å². The van der Waals surface area contributed by atoms with Crippen LogP contribution in [0.1, 0.15) is 20.3 Å². The van der Waals surface area contributed by atoms with E-state index in [9.17, 15) is 8.42 Å². The highest BCUT2D eigenvalue weighted by molar-refractivity contribution is 7.90. The fraction of sp³-hybridized carbons (Fsp3) is 1.00. The molecule has 6 heteroatoms. The van der Waals surface area contributed by atoms with Crippen LogP contribution in [0.5, 0.6) is 0 Å². The lowest BCUT2D eigenvalue weighted by Crippen LogP contribution is -2.41. The van der Waals surface area contributed by atoms with Crippen molar-refractivity contribution in [3.63, 3.8) is 0 Å². The molecular formula is C11H25N3O2S. The SMILES string of the molecule is CCNCC(C)S(=O)(=O)NCC1CCN(C)C1. The van der Waals surface area contributed by atoms with Crippen LogP contribution >= 0.6 is 0 Å². The van der Waals surface area contributed by atoms with Crippen molar-refractivity contribution in [2.75, 3.05) is 39.8 Å². The molecule has 0 spiro atoms. The molecule has 0 radical (unpaired) electrons. The zero-order valence-electron chi connectivity index (χ0n) is 11.1. The zero-order valence-corrected chi connectivity index (χ0v) is 11.9. The second-order valence-electron chi connectivity index (χ2n) is 4.93. The molecule has 1 aliphatic rings. The summed E-state index contributed by atoms with van der Waals surface area (Å²) in [7, 11) is -1.10. The van der Waals surface area contributed by atoms with E-state index in [4.69, 9.17) is 0 Å². The van der Waals surface area contributed by atoms with Gasteiger partial charge in [0.2, 0.25) is 10.0 Å². The van der Waals surface area contributed by atoms with Gasteiger partial charge in [0.15, 0.2) is 0 Å². The van der Waals surface area contributed by atoms with E-state index in [1.165, 1.54) is 0 Å². The van der Waals surface area contributed by atoms with Gasteiger partial charge in [-0.2, -0.15) is 0 Å². The zero-order chi connectivity index (χ0) is 12.9. The third-order valence-electron chi connectivity index (χ3n) is 3.27.